The third-order valence-corrected chi connectivity index (χ3v) is 5.06. The average molecular weight is 372 g/mol. The summed E-state index contributed by atoms with van der Waals surface area (Å²) in [7, 11) is 1.50. The van der Waals surface area contributed by atoms with Crippen LogP contribution in [0.15, 0.2) is 17.7 Å². The molecule has 1 N–H and O–H groups in total. The van der Waals surface area contributed by atoms with Crippen LogP contribution in [-0.2, 0) is 9.59 Å². The number of benzene rings is 1. The van der Waals surface area contributed by atoms with Crippen LogP contribution in [0.2, 0.25) is 0 Å². The first-order valence-electron chi connectivity index (χ1n) is 8.96. The second-order valence-electron chi connectivity index (χ2n) is 6.74. The number of barbiturate groups is 1. The van der Waals surface area contributed by atoms with Crippen LogP contribution in [0.25, 0.3) is 6.08 Å². The molecule has 1 aliphatic carbocycles. The lowest BCUT2D eigenvalue weighted by Gasteiger charge is -2.35. The van der Waals surface area contributed by atoms with Crippen LogP contribution < -0.4 is 19.5 Å². The summed E-state index contributed by atoms with van der Waals surface area (Å²) in [5.41, 5.74) is 0.466. The van der Waals surface area contributed by atoms with E-state index in [0.29, 0.717) is 22.8 Å². The number of imide groups is 2. The largest absolute Gasteiger partial charge is 0.493 e. The van der Waals surface area contributed by atoms with E-state index in [1.165, 1.54) is 18.1 Å². The molecule has 27 heavy (non-hydrogen) atoms. The topological polar surface area (TPSA) is 94.2 Å². The number of urea groups is 1. The van der Waals surface area contributed by atoms with E-state index in [9.17, 15) is 14.4 Å². The van der Waals surface area contributed by atoms with Crippen LogP contribution in [0.4, 0.5) is 4.79 Å². The summed E-state index contributed by atoms with van der Waals surface area (Å²) in [6.07, 6.45) is 6.00. The van der Waals surface area contributed by atoms with Crippen molar-refractivity contribution >= 4 is 23.9 Å². The molecule has 4 rings (SSSR count). The van der Waals surface area contributed by atoms with Crippen molar-refractivity contribution in [3.8, 4) is 17.2 Å². The minimum absolute atomic E-state index is 0.0785. The van der Waals surface area contributed by atoms with Gasteiger partial charge < -0.3 is 14.2 Å². The Morgan fingerprint density at radius 1 is 1.15 bits per heavy atom. The Labute approximate surface area is 156 Å². The molecule has 1 saturated heterocycles. The van der Waals surface area contributed by atoms with Crippen molar-refractivity contribution in [3.63, 3.8) is 0 Å². The molecule has 0 atom stereocenters. The summed E-state index contributed by atoms with van der Waals surface area (Å²) >= 11 is 0. The number of hydrogen-bond acceptors (Lipinski definition) is 6. The Kier molecular flexibility index (Phi) is 4.47. The third kappa shape index (κ3) is 3.11. The molecular formula is C19H20N2O6. The molecule has 2 aliphatic heterocycles. The van der Waals surface area contributed by atoms with Crippen molar-refractivity contribution in [1.82, 2.24) is 10.2 Å². The van der Waals surface area contributed by atoms with Gasteiger partial charge in [-0.05, 0) is 36.6 Å². The van der Waals surface area contributed by atoms with Gasteiger partial charge in [0.1, 0.15) is 5.57 Å². The van der Waals surface area contributed by atoms with Gasteiger partial charge in [-0.2, -0.15) is 0 Å². The van der Waals surface area contributed by atoms with Gasteiger partial charge in [0.05, 0.1) is 7.11 Å². The normalized spacial score (nSPS) is 21.6. The maximum Gasteiger partial charge on any atom is 0.331 e. The van der Waals surface area contributed by atoms with Gasteiger partial charge in [0.15, 0.2) is 11.5 Å². The SMILES string of the molecule is COc1cc(C=C2C(=O)NC(=O)N(C3CCCCC3)C2=O)cc2c1OCO2. The zero-order valence-corrected chi connectivity index (χ0v) is 14.9. The highest BCUT2D eigenvalue weighted by Crippen LogP contribution is 2.42. The van der Waals surface area contributed by atoms with Gasteiger partial charge >= 0.3 is 6.03 Å². The van der Waals surface area contributed by atoms with Gasteiger partial charge in [-0.1, -0.05) is 19.3 Å². The Hall–Kier alpha value is -3.03. The van der Waals surface area contributed by atoms with Crippen LogP contribution in [0.1, 0.15) is 37.7 Å². The summed E-state index contributed by atoms with van der Waals surface area (Å²) in [5, 5.41) is 2.28. The van der Waals surface area contributed by atoms with Crippen LogP contribution in [0, 0.1) is 0 Å². The highest BCUT2D eigenvalue weighted by atomic mass is 16.7. The molecule has 0 unspecified atom stereocenters. The van der Waals surface area contributed by atoms with E-state index >= 15 is 0 Å². The summed E-state index contributed by atoms with van der Waals surface area (Å²) in [6, 6.07) is 2.51. The maximum atomic E-state index is 12.9. The Bertz CT molecular complexity index is 841. The fourth-order valence-electron chi connectivity index (χ4n) is 3.74. The third-order valence-electron chi connectivity index (χ3n) is 5.06. The lowest BCUT2D eigenvalue weighted by Crippen LogP contribution is -2.58. The van der Waals surface area contributed by atoms with Crippen molar-refractivity contribution in [2.45, 2.75) is 38.1 Å². The van der Waals surface area contributed by atoms with E-state index in [1.54, 1.807) is 12.1 Å². The first kappa shape index (κ1) is 17.4. The number of hydrogen-bond donors (Lipinski definition) is 1. The predicted molar refractivity (Wildman–Crippen MR) is 94.4 cm³/mol. The van der Waals surface area contributed by atoms with Crippen molar-refractivity contribution in [2.75, 3.05) is 13.9 Å². The Morgan fingerprint density at radius 3 is 2.67 bits per heavy atom. The van der Waals surface area contributed by atoms with Gasteiger partial charge in [-0.15, -0.1) is 0 Å². The summed E-state index contributed by atoms with van der Waals surface area (Å²) in [4.78, 5) is 38.7. The van der Waals surface area contributed by atoms with E-state index < -0.39 is 17.8 Å². The molecule has 4 amide bonds. The fraction of sp³-hybridized carbons (Fsp3) is 0.421. The van der Waals surface area contributed by atoms with E-state index in [4.69, 9.17) is 14.2 Å². The average Bonchev–Trinajstić information content (AvgIpc) is 3.14. The number of methoxy groups -OCH3 is 1. The van der Waals surface area contributed by atoms with Crippen LogP contribution in [0.5, 0.6) is 17.2 Å². The lowest BCUT2D eigenvalue weighted by atomic mass is 9.93. The highest BCUT2D eigenvalue weighted by Gasteiger charge is 2.40. The Balaban J connectivity index is 1.68. The molecule has 8 nitrogen and oxygen atoms in total. The Morgan fingerprint density at radius 2 is 1.93 bits per heavy atom. The number of fused-ring (bicyclic) bond motifs is 1. The van der Waals surface area contributed by atoms with Gasteiger partial charge in [-0.25, -0.2) is 4.79 Å². The zero-order valence-electron chi connectivity index (χ0n) is 14.9. The zero-order chi connectivity index (χ0) is 19.0. The summed E-state index contributed by atoms with van der Waals surface area (Å²) in [5.74, 6) is 0.143. The molecule has 1 aromatic rings. The van der Waals surface area contributed by atoms with Crippen LogP contribution in [-0.4, -0.2) is 42.7 Å². The molecule has 142 valence electrons. The molecule has 0 spiro atoms. The number of rotatable bonds is 3. The van der Waals surface area contributed by atoms with E-state index in [-0.39, 0.29) is 18.4 Å². The van der Waals surface area contributed by atoms with Gasteiger partial charge in [0.25, 0.3) is 11.8 Å². The van der Waals surface area contributed by atoms with Crippen molar-refractivity contribution in [2.24, 2.45) is 0 Å². The van der Waals surface area contributed by atoms with Gasteiger partial charge in [0, 0.05) is 6.04 Å². The fourth-order valence-corrected chi connectivity index (χ4v) is 3.74. The van der Waals surface area contributed by atoms with E-state index in [2.05, 4.69) is 5.32 Å². The number of carbonyl (C=O) groups excluding carboxylic acids is 3. The minimum atomic E-state index is -0.700. The number of nitrogens with zero attached hydrogens (tertiary/aromatic N) is 1. The van der Waals surface area contributed by atoms with Crippen LogP contribution >= 0.6 is 0 Å². The minimum Gasteiger partial charge on any atom is -0.493 e. The molecule has 2 fully saturated rings. The van der Waals surface area contributed by atoms with Crippen molar-refractivity contribution in [1.29, 1.82) is 0 Å². The smallest absolute Gasteiger partial charge is 0.331 e. The van der Waals surface area contributed by atoms with Gasteiger partial charge in [0.2, 0.25) is 12.5 Å². The first-order valence-corrected chi connectivity index (χ1v) is 8.96. The van der Waals surface area contributed by atoms with Crippen molar-refractivity contribution in [3.05, 3.63) is 23.3 Å². The monoisotopic (exact) mass is 372 g/mol. The molecule has 0 aromatic heterocycles. The molecule has 8 heteroatoms. The number of nitrogens with one attached hydrogen (secondary N) is 1. The van der Waals surface area contributed by atoms with E-state index in [1.807, 2.05) is 0 Å². The molecule has 0 bridgehead atoms. The molecular weight excluding hydrogens is 352 g/mol. The quantitative estimate of drug-likeness (QED) is 0.646. The first-order chi connectivity index (χ1) is 13.1. The van der Waals surface area contributed by atoms with Crippen molar-refractivity contribution < 1.29 is 28.6 Å². The second-order valence-corrected chi connectivity index (χ2v) is 6.74. The standard InChI is InChI=1S/C19H20N2O6/c1-25-14-8-11(9-15-16(14)27-10-26-15)7-13-17(22)20-19(24)21(18(13)23)12-5-3-2-4-6-12/h7-9,12H,2-6,10H2,1H3,(H,20,22,24). The second kappa shape index (κ2) is 6.94. The highest BCUT2D eigenvalue weighted by molar-refractivity contribution is 6.31. The number of amides is 4. The lowest BCUT2D eigenvalue weighted by molar-refractivity contribution is -0.132. The molecule has 1 aromatic carbocycles. The summed E-state index contributed by atoms with van der Waals surface area (Å²) in [6.45, 7) is 0.0785. The van der Waals surface area contributed by atoms with Gasteiger partial charge in [-0.3, -0.25) is 19.8 Å². The van der Waals surface area contributed by atoms with Crippen LogP contribution in [0.3, 0.4) is 0 Å². The summed E-state index contributed by atoms with van der Waals surface area (Å²) < 4.78 is 16.0. The predicted octanol–water partition coefficient (Wildman–Crippen LogP) is 2.22. The number of ether oxygens (including phenoxy) is 3. The van der Waals surface area contributed by atoms with E-state index in [0.717, 1.165) is 32.1 Å². The molecule has 3 aliphatic rings. The molecule has 2 heterocycles. The number of carbonyl (C=O) groups is 3. The molecule has 1 saturated carbocycles. The maximum absolute atomic E-state index is 12.9. The molecule has 0 radical (unpaired) electrons.